The first-order chi connectivity index (χ1) is 16.0. The third-order valence-electron chi connectivity index (χ3n) is 5.79. The van der Waals surface area contributed by atoms with Crippen LogP contribution in [-0.4, -0.2) is 36.3 Å². The van der Waals surface area contributed by atoms with E-state index in [0.717, 1.165) is 42.9 Å². The SMILES string of the molecule is COc1ccc(CN2CCC(SNNC(=O)c3cc(-c4ccccc4)cc(C)c3F)C2)cc1. The van der Waals surface area contributed by atoms with Crippen LogP contribution in [0.3, 0.4) is 0 Å². The maximum atomic E-state index is 14.7. The Kier molecular flexibility index (Phi) is 7.65. The molecule has 7 heteroatoms. The number of ether oxygens (including phenoxy) is 1. The molecule has 1 saturated heterocycles. The van der Waals surface area contributed by atoms with Crippen molar-refractivity contribution in [3.8, 4) is 16.9 Å². The van der Waals surface area contributed by atoms with Gasteiger partial charge in [-0.15, -0.1) is 0 Å². The van der Waals surface area contributed by atoms with Crippen molar-refractivity contribution in [3.05, 3.63) is 89.2 Å². The van der Waals surface area contributed by atoms with Crippen molar-refractivity contribution in [2.45, 2.75) is 25.1 Å². The predicted octanol–water partition coefficient (Wildman–Crippen LogP) is 4.97. The lowest BCUT2D eigenvalue weighted by molar-refractivity contribution is 0.0943. The lowest BCUT2D eigenvalue weighted by Gasteiger charge is -2.16. The summed E-state index contributed by atoms with van der Waals surface area (Å²) < 4.78 is 19.9. The number of nitrogens with one attached hydrogen (secondary N) is 2. The summed E-state index contributed by atoms with van der Waals surface area (Å²) in [5, 5.41) is 0.339. The van der Waals surface area contributed by atoms with Gasteiger partial charge in [-0.3, -0.25) is 15.1 Å². The first-order valence-electron chi connectivity index (χ1n) is 11.0. The number of nitrogens with zero attached hydrogens (tertiary/aromatic N) is 1. The van der Waals surface area contributed by atoms with Crippen molar-refractivity contribution in [2.24, 2.45) is 0 Å². The van der Waals surface area contributed by atoms with E-state index in [1.807, 2.05) is 42.5 Å². The Labute approximate surface area is 198 Å². The fourth-order valence-corrected chi connectivity index (χ4v) is 4.81. The molecule has 1 aliphatic rings. The summed E-state index contributed by atoms with van der Waals surface area (Å²) in [6.07, 6.45) is 1.01. The largest absolute Gasteiger partial charge is 0.497 e. The number of amides is 1. The molecule has 0 aromatic heterocycles. The van der Waals surface area contributed by atoms with Gasteiger partial charge in [0.05, 0.1) is 12.7 Å². The van der Waals surface area contributed by atoms with E-state index in [2.05, 4.69) is 27.3 Å². The summed E-state index contributed by atoms with van der Waals surface area (Å²) in [4.78, 5) is 18.0. The van der Waals surface area contributed by atoms with Gasteiger partial charge in [-0.1, -0.05) is 54.4 Å². The van der Waals surface area contributed by atoms with Crippen LogP contribution < -0.4 is 15.0 Å². The molecule has 3 aromatic carbocycles. The molecular weight excluding hydrogens is 437 g/mol. The molecule has 172 valence electrons. The van der Waals surface area contributed by atoms with Gasteiger partial charge in [0.2, 0.25) is 0 Å². The number of methoxy groups -OCH3 is 1. The van der Waals surface area contributed by atoms with Crippen molar-refractivity contribution in [1.82, 2.24) is 15.2 Å². The van der Waals surface area contributed by atoms with Gasteiger partial charge >= 0.3 is 0 Å². The molecule has 0 radical (unpaired) electrons. The molecule has 5 nitrogen and oxygen atoms in total. The molecule has 0 aliphatic carbocycles. The summed E-state index contributed by atoms with van der Waals surface area (Å²) in [6, 6.07) is 21.1. The Hall–Kier alpha value is -2.87. The highest BCUT2D eigenvalue weighted by atomic mass is 32.2. The van der Waals surface area contributed by atoms with Crippen LogP contribution in [0, 0.1) is 12.7 Å². The van der Waals surface area contributed by atoms with E-state index < -0.39 is 11.7 Å². The van der Waals surface area contributed by atoms with E-state index in [0.29, 0.717) is 10.8 Å². The fourth-order valence-electron chi connectivity index (χ4n) is 3.98. The number of hydrogen-bond acceptors (Lipinski definition) is 5. The van der Waals surface area contributed by atoms with Crippen molar-refractivity contribution in [1.29, 1.82) is 0 Å². The van der Waals surface area contributed by atoms with E-state index >= 15 is 0 Å². The lowest BCUT2D eigenvalue weighted by atomic mass is 9.99. The van der Waals surface area contributed by atoms with E-state index in [4.69, 9.17) is 4.74 Å². The second kappa shape index (κ2) is 10.8. The number of hydrogen-bond donors (Lipinski definition) is 2. The molecule has 2 N–H and O–H groups in total. The van der Waals surface area contributed by atoms with Gasteiger partial charge in [-0.05, 0) is 66.4 Å². The Morgan fingerprint density at radius 2 is 1.88 bits per heavy atom. The van der Waals surface area contributed by atoms with Gasteiger partial charge in [-0.2, -0.15) is 4.83 Å². The predicted molar refractivity (Wildman–Crippen MR) is 131 cm³/mol. The summed E-state index contributed by atoms with van der Waals surface area (Å²) in [5.74, 6) is -0.117. The Morgan fingerprint density at radius 3 is 2.61 bits per heavy atom. The van der Waals surface area contributed by atoms with Crippen molar-refractivity contribution in [3.63, 3.8) is 0 Å². The molecule has 1 heterocycles. The van der Waals surface area contributed by atoms with Gasteiger partial charge in [0.1, 0.15) is 11.6 Å². The smallest absolute Gasteiger partial charge is 0.269 e. The molecule has 1 aliphatic heterocycles. The molecule has 1 fully saturated rings. The van der Waals surface area contributed by atoms with Gasteiger partial charge in [0, 0.05) is 18.3 Å². The molecule has 0 bridgehead atoms. The van der Waals surface area contributed by atoms with Crippen LogP contribution in [0.4, 0.5) is 4.39 Å². The number of benzene rings is 3. The number of likely N-dealkylation sites (tertiary alicyclic amines) is 1. The first kappa shape index (κ1) is 23.3. The number of carbonyl (C=O) groups excluding carboxylic acids is 1. The van der Waals surface area contributed by atoms with Gasteiger partial charge < -0.3 is 4.74 Å². The molecule has 4 rings (SSSR count). The number of aryl methyl sites for hydroxylation is 1. The molecule has 0 spiro atoms. The zero-order valence-corrected chi connectivity index (χ0v) is 19.6. The maximum Gasteiger partial charge on any atom is 0.269 e. The third kappa shape index (κ3) is 5.93. The molecule has 33 heavy (non-hydrogen) atoms. The molecule has 3 aromatic rings. The van der Waals surface area contributed by atoms with Crippen molar-refractivity contribution >= 4 is 17.9 Å². The zero-order chi connectivity index (χ0) is 23.2. The average molecular weight is 466 g/mol. The molecule has 1 unspecified atom stereocenters. The highest BCUT2D eigenvalue weighted by Crippen LogP contribution is 2.25. The average Bonchev–Trinajstić information content (AvgIpc) is 3.28. The van der Waals surface area contributed by atoms with E-state index in [9.17, 15) is 9.18 Å². The zero-order valence-electron chi connectivity index (χ0n) is 18.8. The molecular formula is C26H28FN3O2S. The number of rotatable bonds is 8. The minimum atomic E-state index is -0.495. The van der Waals surface area contributed by atoms with Crippen LogP contribution in [-0.2, 0) is 6.54 Å². The number of hydrazine groups is 1. The van der Waals surface area contributed by atoms with Crippen LogP contribution in [0.15, 0.2) is 66.7 Å². The van der Waals surface area contributed by atoms with E-state index in [1.54, 1.807) is 26.2 Å². The third-order valence-corrected chi connectivity index (χ3v) is 6.73. The second-order valence-electron chi connectivity index (χ2n) is 8.19. The number of carbonyl (C=O) groups is 1. The Morgan fingerprint density at radius 1 is 1.12 bits per heavy atom. The van der Waals surface area contributed by atoms with Crippen molar-refractivity contribution in [2.75, 3.05) is 20.2 Å². The highest BCUT2D eigenvalue weighted by molar-refractivity contribution is 7.98. The summed E-state index contributed by atoms with van der Waals surface area (Å²) in [7, 11) is 1.67. The number of halogens is 1. The minimum Gasteiger partial charge on any atom is -0.497 e. The Balaban J connectivity index is 1.29. The normalized spacial score (nSPS) is 16.0. The summed E-state index contributed by atoms with van der Waals surface area (Å²) >= 11 is 1.47. The van der Waals surface area contributed by atoms with Crippen molar-refractivity contribution < 1.29 is 13.9 Å². The van der Waals surface area contributed by atoms with E-state index in [1.165, 1.54) is 17.5 Å². The van der Waals surface area contributed by atoms with Gasteiger partial charge in [-0.25, -0.2) is 4.39 Å². The molecule has 1 atom stereocenters. The topological polar surface area (TPSA) is 53.6 Å². The second-order valence-corrected chi connectivity index (χ2v) is 9.30. The highest BCUT2D eigenvalue weighted by Gasteiger charge is 2.23. The maximum absolute atomic E-state index is 14.7. The van der Waals surface area contributed by atoms with Crippen LogP contribution in [0.5, 0.6) is 5.75 Å². The van der Waals surface area contributed by atoms with Gasteiger partial charge in [0.25, 0.3) is 5.91 Å². The summed E-state index contributed by atoms with van der Waals surface area (Å²) in [5.41, 5.74) is 6.14. The standard InChI is InChI=1S/C26H28FN3O2S/c1-18-14-21(20-6-4-3-5-7-20)15-24(25(18)27)26(31)28-29-33-23-12-13-30(17-23)16-19-8-10-22(32-2)11-9-19/h3-11,14-15,23,29H,12-13,16-17H2,1-2H3,(H,28,31). The van der Waals surface area contributed by atoms with Crippen LogP contribution in [0.2, 0.25) is 0 Å². The fraction of sp³-hybridized carbons (Fsp3) is 0.269. The van der Waals surface area contributed by atoms with Crippen LogP contribution >= 0.6 is 11.9 Å². The minimum absolute atomic E-state index is 0.0366. The molecule has 1 amide bonds. The first-order valence-corrected chi connectivity index (χ1v) is 11.8. The lowest BCUT2D eigenvalue weighted by Crippen LogP contribution is -2.35. The van der Waals surface area contributed by atoms with E-state index in [-0.39, 0.29) is 5.56 Å². The summed E-state index contributed by atoms with van der Waals surface area (Å²) in [6.45, 7) is 4.46. The monoisotopic (exact) mass is 465 g/mol. The van der Waals surface area contributed by atoms with Crippen LogP contribution in [0.1, 0.15) is 27.9 Å². The van der Waals surface area contributed by atoms with Crippen LogP contribution in [0.25, 0.3) is 11.1 Å². The van der Waals surface area contributed by atoms with Gasteiger partial charge in [0.15, 0.2) is 0 Å². The molecule has 0 saturated carbocycles. The Bertz CT molecular complexity index is 1090. The quantitative estimate of drug-likeness (QED) is 0.364.